The molecule has 3 nitrogen and oxygen atoms in total. The van der Waals surface area contributed by atoms with Crippen LogP contribution in [0.5, 0.6) is 11.5 Å². The fraction of sp³-hybridized carbons (Fsp3) is 0.538. The molecule has 1 fully saturated rings. The molecule has 1 unspecified atom stereocenters. The summed E-state index contributed by atoms with van der Waals surface area (Å²) in [5, 5.41) is 3.52. The minimum absolute atomic E-state index is 0.558. The number of hydrogen-bond acceptors (Lipinski definition) is 3. The van der Waals surface area contributed by atoms with Crippen LogP contribution < -0.4 is 14.8 Å². The van der Waals surface area contributed by atoms with Gasteiger partial charge in [0.25, 0.3) is 0 Å². The Labute approximate surface area is 95.8 Å². The molecule has 2 aliphatic rings. The van der Waals surface area contributed by atoms with Crippen molar-refractivity contribution in [3.05, 3.63) is 18.2 Å². The number of rotatable bonds is 3. The minimum Gasteiger partial charge on any atom is -0.486 e. The van der Waals surface area contributed by atoms with E-state index in [-0.39, 0.29) is 0 Å². The summed E-state index contributed by atoms with van der Waals surface area (Å²) in [4.78, 5) is 0. The van der Waals surface area contributed by atoms with Crippen LogP contribution in [0.15, 0.2) is 18.2 Å². The third-order valence-electron chi connectivity index (χ3n) is 3.27. The summed E-state index contributed by atoms with van der Waals surface area (Å²) in [5.41, 5.74) is 1.13. The van der Waals surface area contributed by atoms with E-state index in [0.717, 1.165) is 23.1 Å². The van der Waals surface area contributed by atoms with Gasteiger partial charge in [-0.2, -0.15) is 0 Å². The molecule has 0 bridgehead atoms. The van der Waals surface area contributed by atoms with Gasteiger partial charge in [0.1, 0.15) is 13.2 Å². The molecule has 3 rings (SSSR count). The van der Waals surface area contributed by atoms with Gasteiger partial charge in [0.05, 0.1) is 0 Å². The normalized spacial score (nSPS) is 20.3. The molecule has 1 atom stereocenters. The van der Waals surface area contributed by atoms with E-state index in [2.05, 4.69) is 18.3 Å². The van der Waals surface area contributed by atoms with Gasteiger partial charge >= 0.3 is 0 Å². The Morgan fingerprint density at radius 1 is 1.19 bits per heavy atom. The van der Waals surface area contributed by atoms with Crippen LogP contribution in [0.1, 0.15) is 19.8 Å². The zero-order valence-corrected chi connectivity index (χ0v) is 9.53. The van der Waals surface area contributed by atoms with Gasteiger partial charge in [-0.05, 0) is 37.8 Å². The van der Waals surface area contributed by atoms with Crippen molar-refractivity contribution in [2.24, 2.45) is 5.92 Å². The molecule has 0 amide bonds. The Kier molecular flexibility index (Phi) is 2.39. The van der Waals surface area contributed by atoms with E-state index in [1.807, 2.05) is 12.1 Å². The third-order valence-corrected chi connectivity index (χ3v) is 3.27. The van der Waals surface area contributed by atoms with Crippen molar-refractivity contribution in [2.45, 2.75) is 25.8 Å². The van der Waals surface area contributed by atoms with Gasteiger partial charge in [-0.3, -0.25) is 0 Å². The van der Waals surface area contributed by atoms with Crippen LogP contribution in [-0.4, -0.2) is 19.3 Å². The summed E-state index contributed by atoms with van der Waals surface area (Å²) in [5.74, 6) is 2.57. The van der Waals surface area contributed by atoms with Crippen molar-refractivity contribution in [2.75, 3.05) is 18.5 Å². The largest absolute Gasteiger partial charge is 0.486 e. The predicted molar refractivity (Wildman–Crippen MR) is 63.2 cm³/mol. The lowest BCUT2D eigenvalue weighted by Crippen LogP contribution is -2.18. The van der Waals surface area contributed by atoms with Gasteiger partial charge in [0.15, 0.2) is 11.5 Å². The molecular weight excluding hydrogens is 202 g/mol. The predicted octanol–water partition coefficient (Wildman–Crippen LogP) is 2.67. The maximum absolute atomic E-state index is 5.56. The minimum atomic E-state index is 0.558. The molecule has 1 saturated carbocycles. The van der Waals surface area contributed by atoms with Gasteiger partial charge in [-0.1, -0.05) is 0 Å². The van der Waals surface area contributed by atoms with Gasteiger partial charge in [0.2, 0.25) is 0 Å². The van der Waals surface area contributed by atoms with E-state index in [4.69, 9.17) is 9.47 Å². The average Bonchev–Trinajstić information content (AvgIpc) is 3.12. The zero-order chi connectivity index (χ0) is 11.0. The molecule has 1 aromatic carbocycles. The molecule has 0 saturated heterocycles. The molecule has 0 radical (unpaired) electrons. The van der Waals surface area contributed by atoms with Crippen molar-refractivity contribution in [3.63, 3.8) is 0 Å². The first-order valence-electron chi connectivity index (χ1n) is 5.99. The Balaban J connectivity index is 1.74. The highest BCUT2D eigenvalue weighted by molar-refractivity contribution is 5.55. The van der Waals surface area contributed by atoms with Crippen LogP contribution in [0.2, 0.25) is 0 Å². The number of nitrogens with one attached hydrogen (secondary N) is 1. The lowest BCUT2D eigenvalue weighted by atomic mass is 10.2. The maximum atomic E-state index is 5.56. The molecule has 1 aliphatic carbocycles. The van der Waals surface area contributed by atoms with Crippen molar-refractivity contribution >= 4 is 5.69 Å². The highest BCUT2D eigenvalue weighted by atomic mass is 16.6. The Morgan fingerprint density at radius 3 is 2.69 bits per heavy atom. The molecule has 0 spiro atoms. The Bertz CT molecular complexity index is 388. The summed E-state index contributed by atoms with van der Waals surface area (Å²) in [6.45, 7) is 3.54. The number of anilines is 1. The van der Waals surface area contributed by atoms with Crippen molar-refractivity contribution in [1.29, 1.82) is 0 Å². The summed E-state index contributed by atoms with van der Waals surface area (Å²) in [7, 11) is 0. The van der Waals surface area contributed by atoms with Crippen LogP contribution in [0.25, 0.3) is 0 Å². The van der Waals surface area contributed by atoms with Crippen LogP contribution in [0.3, 0.4) is 0 Å². The SMILES string of the molecule is CC(Nc1ccc2c(c1)OCCO2)C1CC1. The second kappa shape index (κ2) is 3.89. The van der Waals surface area contributed by atoms with Gasteiger partial charge in [-0.25, -0.2) is 0 Å². The second-order valence-electron chi connectivity index (χ2n) is 4.63. The first kappa shape index (κ1) is 9.82. The third kappa shape index (κ3) is 1.94. The second-order valence-corrected chi connectivity index (χ2v) is 4.63. The Hall–Kier alpha value is -1.38. The first-order valence-corrected chi connectivity index (χ1v) is 5.99. The standard InChI is InChI=1S/C13H17NO2/c1-9(10-2-3-10)14-11-4-5-12-13(8-11)16-7-6-15-12/h4-5,8-10,14H,2-3,6-7H2,1H3. The molecule has 1 heterocycles. The highest BCUT2D eigenvalue weighted by Gasteiger charge is 2.27. The number of hydrogen-bond donors (Lipinski definition) is 1. The summed E-state index contributed by atoms with van der Waals surface area (Å²) in [6.07, 6.45) is 2.72. The van der Waals surface area contributed by atoms with Crippen LogP contribution in [-0.2, 0) is 0 Å². The monoisotopic (exact) mass is 219 g/mol. The fourth-order valence-electron chi connectivity index (χ4n) is 2.11. The molecule has 1 aromatic rings. The lowest BCUT2D eigenvalue weighted by Gasteiger charge is -2.20. The van der Waals surface area contributed by atoms with E-state index in [0.29, 0.717) is 19.3 Å². The van der Waals surface area contributed by atoms with Gasteiger partial charge in [-0.15, -0.1) is 0 Å². The summed E-state index contributed by atoms with van der Waals surface area (Å²) < 4.78 is 11.0. The van der Waals surface area contributed by atoms with E-state index in [1.165, 1.54) is 12.8 Å². The number of benzene rings is 1. The Morgan fingerprint density at radius 2 is 1.94 bits per heavy atom. The van der Waals surface area contributed by atoms with Crippen LogP contribution in [0, 0.1) is 5.92 Å². The maximum Gasteiger partial charge on any atom is 0.163 e. The van der Waals surface area contributed by atoms with Crippen LogP contribution >= 0.6 is 0 Å². The van der Waals surface area contributed by atoms with Crippen molar-refractivity contribution in [3.8, 4) is 11.5 Å². The molecular formula is C13H17NO2. The highest BCUT2D eigenvalue weighted by Crippen LogP contribution is 2.36. The molecule has 16 heavy (non-hydrogen) atoms. The van der Waals surface area contributed by atoms with Crippen LogP contribution in [0.4, 0.5) is 5.69 Å². The van der Waals surface area contributed by atoms with E-state index < -0.39 is 0 Å². The number of fused-ring (bicyclic) bond motifs is 1. The fourth-order valence-corrected chi connectivity index (χ4v) is 2.11. The zero-order valence-electron chi connectivity index (χ0n) is 9.53. The quantitative estimate of drug-likeness (QED) is 0.847. The first-order chi connectivity index (χ1) is 7.83. The molecule has 86 valence electrons. The van der Waals surface area contributed by atoms with E-state index in [9.17, 15) is 0 Å². The summed E-state index contributed by atoms with van der Waals surface area (Å²) >= 11 is 0. The molecule has 1 N–H and O–H groups in total. The average molecular weight is 219 g/mol. The molecule has 3 heteroatoms. The van der Waals surface area contributed by atoms with Gasteiger partial charge < -0.3 is 14.8 Å². The molecule has 0 aromatic heterocycles. The van der Waals surface area contributed by atoms with E-state index >= 15 is 0 Å². The van der Waals surface area contributed by atoms with Crippen molar-refractivity contribution in [1.82, 2.24) is 0 Å². The summed E-state index contributed by atoms with van der Waals surface area (Å²) in [6, 6.07) is 6.64. The molecule has 1 aliphatic heterocycles. The topological polar surface area (TPSA) is 30.5 Å². The van der Waals surface area contributed by atoms with Gasteiger partial charge in [0, 0.05) is 17.8 Å². The van der Waals surface area contributed by atoms with E-state index in [1.54, 1.807) is 0 Å². The smallest absolute Gasteiger partial charge is 0.163 e. The lowest BCUT2D eigenvalue weighted by molar-refractivity contribution is 0.171. The number of ether oxygens (including phenoxy) is 2. The van der Waals surface area contributed by atoms with Crippen molar-refractivity contribution < 1.29 is 9.47 Å².